The maximum atomic E-state index is 13.2. The molecule has 2 aromatic carbocycles. The van der Waals surface area contributed by atoms with Gasteiger partial charge in [0.25, 0.3) is 0 Å². The molecule has 1 fully saturated rings. The lowest BCUT2D eigenvalue weighted by atomic mass is 10.1. The Labute approximate surface area is 183 Å². The van der Waals surface area contributed by atoms with E-state index in [9.17, 15) is 35.9 Å². The lowest BCUT2D eigenvalue weighted by Gasteiger charge is -2.30. The molecule has 4 nitrogen and oxygen atoms in total. The molecule has 0 aliphatic carbocycles. The zero-order valence-electron chi connectivity index (χ0n) is 16.3. The van der Waals surface area contributed by atoms with Gasteiger partial charge in [-0.25, -0.2) is 0 Å². The van der Waals surface area contributed by atoms with Crippen LogP contribution in [0.3, 0.4) is 0 Å². The maximum absolute atomic E-state index is 13.2. The fourth-order valence-corrected chi connectivity index (χ4v) is 4.31. The molecule has 172 valence electrons. The van der Waals surface area contributed by atoms with Gasteiger partial charge in [0.15, 0.2) is 0 Å². The molecule has 32 heavy (non-hydrogen) atoms. The van der Waals surface area contributed by atoms with Gasteiger partial charge in [0.2, 0.25) is 5.91 Å². The molecule has 0 saturated carbocycles. The first-order valence-corrected chi connectivity index (χ1v) is 10.2. The van der Waals surface area contributed by atoms with Crippen molar-refractivity contribution in [1.82, 2.24) is 4.90 Å². The van der Waals surface area contributed by atoms with Gasteiger partial charge in [0, 0.05) is 19.5 Å². The summed E-state index contributed by atoms with van der Waals surface area (Å²) in [5, 5.41) is -1.94. The molecule has 2 aromatic rings. The van der Waals surface area contributed by atoms with Crippen LogP contribution >= 0.6 is 11.8 Å². The van der Waals surface area contributed by atoms with E-state index in [1.807, 2.05) is 0 Å². The van der Waals surface area contributed by atoms with Gasteiger partial charge in [-0.3, -0.25) is 9.59 Å². The van der Waals surface area contributed by atoms with Gasteiger partial charge < -0.3 is 9.64 Å². The van der Waals surface area contributed by atoms with Gasteiger partial charge in [-0.2, -0.15) is 26.3 Å². The first kappa shape index (κ1) is 24.0. The van der Waals surface area contributed by atoms with Crippen LogP contribution < -0.4 is 0 Å². The number of hydrogen-bond acceptors (Lipinski definition) is 4. The predicted octanol–water partition coefficient (Wildman–Crippen LogP) is 5.09. The van der Waals surface area contributed by atoms with E-state index < -0.39 is 52.6 Å². The molecule has 3 rings (SSSR count). The molecule has 1 heterocycles. The van der Waals surface area contributed by atoms with Crippen LogP contribution in [0.5, 0.6) is 0 Å². The van der Waals surface area contributed by atoms with Crippen LogP contribution in [0, 0.1) is 0 Å². The summed E-state index contributed by atoms with van der Waals surface area (Å²) in [4.78, 5) is 21.4. The van der Waals surface area contributed by atoms with Crippen molar-refractivity contribution >= 4 is 23.6 Å². The van der Waals surface area contributed by atoms with Crippen molar-refractivity contribution < 1.29 is 40.7 Å². The minimum atomic E-state index is -5.89. The summed E-state index contributed by atoms with van der Waals surface area (Å²) in [6, 6.07) is 17.3. The van der Waals surface area contributed by atoms with Gasteiger partial charge in [0.05, 0.1) is 0 Å². The molecule has 0 radical (unpaired) electrons. The third-order valence-electron chi connectivity index (χ3n) is 4.71. The highest BCUT2D eigenvalue weighted by molar-refractivity contribution is 8.02. The molecule has 0 bridgehead atoms. The van der Waals surface area contributed by atoms with Gasteiger partial charge in [-0.05, 0) is 11.1 Å². The van der Waals surface area contributed by atoms with E-state index in [0.29, 0.717) is 11.1 Å². The number of halogens is 6. The summed E-state index contributed by atoms with van der Waals surface area (Å²) in [6.07, 6.45) is -12.6. The lowest BCUT2D eigenvalue weighted by molar-refractivity contribution is -0.327. The second kappa shape index (κ2) is 9.05. The third-order valence-corrected chi connectivity index (χ3v) is 6.23. The number of esters is 1. The Morgan fingerprint density at radius 1 is 0.875 bits per heavy atom. The van der Waals surface area contributed by atoms with Crippen molar-refractivity contribution in [2.75, 3.05) is 0 Å². The van der Waals surface area contributed by atoms with E-state index in [1.165, 1.54) is 4.90 Å². The van der Waals surface area contributed by atoms with Crippen LogP contribution in [-0.4, -0.2) is 39.3 Å². The average molecular weight is 477 g/mol. The van der Waals surface area contributed by atoms with E-state index >= 15 is 0 Å². The van der Waals surface area contributed by atoms with Crippen molar-refractivity contribution in [3.8, 4) is 0 Å². The topological polar surface area (TPSA) is 46.6 Å². The van der Waals surface area contributed by atoms with Crippen LogP contribution in [0.25, 0.3) is 0 Å². The predicted molar refractivity (Wildman–Crippen MR) is 104 cm³/mol. The third kappa shape index (κ3) is 5.03. The second-order valence-electron chi connectivity index (χ2n) is 7.06. The standard InChI is InChI=1S/C21H17F6NO3S/c22-20(23,24)19(21(25,26)27)31-18(30)16(32-19)11-17(29)28(12-14-7-3-1-4-8-14)13-15-9-5-2-6-10-15/h1-10,16H,11-13H2. The molecule has 11 heteroatoms. The lowest BCUT2D eigenvalue weighted by Crippen LogP contribution is -2.54. The monoisotopic (exact) mass is 477 g/mol. The number of benzene rings is 2. The molecule has 1 unspecified atom stereocenters. The normalized spacial score (nSPS) is 18.3. The molecule has 1 saturated heterocycles. The SMILES string of the molecule is O=C1OC(C(F)(F)F)(C(F)(F)F)SC1CC(=O)N(Cc1ccccc1)Cc1ccccc1. The van der Waals surface area contributed by atoms with Gasteiger partial charge in [0.1, 0.15) is 5.25 Å². The molecule has 0 aromatic heterocycles. The number of rotatable bonds is 6. The zero-order valence-corrected chi connectivity index (χ0v) is 17.1. The van der Waals surface area contributed by atoms with Crippen LogP contribution in [0.4, 0.5) is 26.3 Å². The van der Waals surface area contributed by atoms with Crippen molar-refractivity contribution in [1.29, 1.82) is 0 Å². The number of carbonyl (C=O) groups excluding carboxylic acids is 2. The molecule has 1 atom stereocenters. The number of alkyl halides is 6. The summed E-state index contributed by atoms with van der Waals surface area (Å²) in [5.41, 5.74) is 1.41. The largest absolute Gasteiger partial charge is 0.448 e. The Kier molecular flexibility index (Phi) is 6.77. The zero-order chi connectivity index (χ0) is 23.6. The Morgan fingerprint density at radius 2 is 1.31 bits per heavy atom. The van der Waals surface area contributed by atoms with E-state index in [1.54, 1.807) is 60.7 Å². The van der Waals surface area contributed by atoms with E-state index in [0.717, 1.165) is 0 Å². The molecular formula is C21H17F6NO3S. The highest BCUT2D eigenvalue weighted by atomic mass is 32.2. The Morgan fingerprint density at radius 3 is 1.69 bits per heavy atom. The van der Waals surface area contributed by atoms with Crippen molar-refractivity contribution in [2.24, 2.45) is 0 Å². The van der Waals surface area contributed by atoms with Gasteiger partial charge in [-0.1, -0.05) is 72.4 Å². The van der Waals surface area contributed by atoms with Crippen LogP contribution in [0.1, 0.15) is 17.5 Å². The first-order chi connectivity index (χ1) is 14.9. The fourth-order valence-electron chi connectivity index (χ4n) is 3.14. The Bertz CT molecular complexity index is 894. The molecule has 1 amide bonds. The van der Waals surface area contributed by atoms with Crippen molar-refractivity contribution in [3.63, 3.8) is 0 Å². The quantitative estimate of drug-likeness (QED) is 0.430. The average Bonchev–Trinajstić information content (AvgIpc) is 3.07. The van der Waals surface area contributed by atoms with Crippen LogP contribution in [0.15, 0.2) is 60.7 Å². The summed E-state index contributed by atoms with van der Waals surface area (Å²) < 4.78 is 83.1. The number of carbonyl (C=O) groups is 2. The number of cyclic esters (lactones) is 1. The first-order valence-electron chi connectivity index (χ1n) is 9.33. The highest BCUT2D eigenvalue weighted by Gasteiger charge is 2.78. The van der Waals surface area contributed by atoms with E-state index in [-0.39, 0.29) is 13.1 Å². The molecular weight excluding hydrogens is 460 g/mol. The van der Waals surface area contributed by atoms with E-state index in [4.69, 9.17) is 0 Å². The van der Waals surface area contributed by atoms with Gasteiger partial charge >= 0.3 is 23.3 Å². The minimum Gasteiger partial charge on any atom is -0.428 e. The second-order valence-corrected chi connectivity index (χ2v) is 8.44. The molecule has 0 spiro atoms. The summed E-state index contributed by atoms with van der Waals surface area (Å²) in [6.45, 7) is 0.120. The summed E-state index contributed by atoms with van der Waals surface area (Å²) in [5.74, 6) is -2.50. The van der Waals surface area contributed by atoms with Crippen LogP contribution in [0.2, 0.25) is 0 Å². The summed E-state index contributed by atoms with van der Waals surface area (Å²) >= 11 is -0.731. The Balaban J connectivity index is 1.81. The molecule has 1 aliphatic heterocycles. The van der Waals surface area contributed by atoms with Crippen molar-refractivity contribution in [2.45, 2.75) is 42.0 Å². The fraction of sp³-hybridized carbons (Fsp3) is 0.333. The molecule has 0 N–H and O–H groups in total. The minimum absolute atomic E-state index is 0.0602. The van der Waals surface area contributed by atoms with Gasteiger partial charge in [-0.15, -0.1) is 0 Å². The Hall–Kier alpha value is -2.69. The van der Waals surface area contributed by atoms with Crippen molar-refractivity contribution in [3.05, 3.63) is 71.8 Å². The summed E-state index contributed by atoms with van der Waals surface area (Å²) in [7, 11) is 0. The molecule has 1 aliphatic rings. The van der Waals surface area contributed by atoms with E-state index in [2.05, 4.69) is 4.74 Å². The highest BCUT2D eigenvalue weighted by Crippen LogP contribution is 2.58. The number of amides is 1. The number of nitrogens with zero attached hydrogens (tertiary/aromatic N) is 1. The number of thioether (sulfide) groups is 1. The van der Waals surface area contributed by atoms with Crippen LogP contribution in [-0.2, 0) is 27.4 Å². The maximum Gasteiger partial charge on any atom is 0.448 e. The number of hydrogen-bond donors (Lipinski definition) is 0. The number of ether oxygens (including phenoxy) is 1. The smallest absolute Gasteiger partial charge is 0.428 e.